The molecule has 0 unspecified atom stereocenters. The normalized spacial score (nSPS) is 14.4. The quantitative estimate of drug-likeness (QED) is 0.741. The van der Waals surface area contributed by atoms with E-state index in [4.69, 9.17) is 0 Å². The predicted molar refractivity (Wildman–Crippen MR) is 111 cm³/mol. The molecule has 2 N–H and O–H groups in total. The van der Waals surface area contributed by atoms with Gasteiger partial charge in [-0.15, -0.1) is 0 Å². The Morgan fingerprint density at radius 2 is 1.50 bits per heavy atom. The van der Waals surface area contributed by atoms with E-state index >= 15 is 0 Å². The molecule has 0 atom stereocenters. The van der Waals surface area contributed by atoms with Crippen LogP contribution < -0.4 is 10.6 Å². The van der Waals surface area contributed by atoms with Gasteiger partial charge in [0.25, 0.3) is 5.91 Å². The Kier molecular flexibility index (Phi) is 7.62. The first-order valence-electron chi connectivity index (χ1n) is 10.1. The number of nitrogens with zero attached hydrogens (tertiary/aromatic N) is 1. The molecule has 5 heteroatoms. The van der Waals surface area contributed by atoms with E-state index in [9.17, 15) is 9.59 Å². The minimum Gasteiger partial charge on any atom is -0.352 e. The molecule has 5 nitrogen and oxygen atoms in total. The van der Waals surface area contributed by atoms with Gasteiger partial charge in [-0.1, -0.05) is 48.9 Å². The first-order chi connectivity index (χ1) is 13.7. The lowest BCUT2D eigenvalue weighted by atomic mass is 10.1. The van der Waals surface area contributed by atoms with Crippen LogP contribution in [-0.2, 0) is 17.9 Å². The molecule has 1 fully saturated rings. The van der Waals surface area contributed by atoms with Gasteiger partial charge >= 0.3 is 0 Å². The van der Waals surface area contributed by atoms with Crippen LogP contribution in [0.4, 0.5) is 0 Å². The summed E-state index contributed by atoms with van der Waals surface area (Å²) in [5.74, 6) is -0.219. The van der Waals surface area contributed by atoms with Crippen LogP contribution in [0.3, 0.4) is 0 Å². The maximum atomic E-state index is 12.0. The van der Waals surface area contributed by atoms with Crippen molar-refractivity contribution in [3.05, 3.63) is 71.3 Å². The monoisotopic (exact) mass is 379 g/mol. The fraction of sp³-hybridized carbons (Fsp3) is 0.391. The van der Waals surface area contributed by atoms with Gasteiger partial charge < -0.3 is 10.6 Å². The number of amides is 2. The van der Waals surface area contributed by atoms with Crippen LogP contribution in [0, 0.1) is 0 Å². The molecule has 148 valence electrons. The number of nitrogens with one attached hydrogen (secondary N) is 2. The van der Waals surface area contributed by atoms with Crippen molar-refractivity contribution in [1.29, 1.82) is 0 Å². The van der Waals surface area contributed by atoms with Crippen LogP contribution in [0.1, 0.15) is 47.2 Å². The van der Waals surface area contributed by atoms with Gasteiger partial charge in [-0.05, 0) is 49.2 Å². The zero-order chi connectivity index (χ0) is 19.6. The molecular formula is C23H29N3O2. The van der Waals surface area contributed by atoms with Crippen LogP contribution in [0.25, 0.3) is 0 Å². The summed E-state index contributed by atoms with van der Waals surface area (Å²) in [6.07, 6.45) is 4.22. The van der Waals surface area contributed by atoms with Crippen molar-refractivity contribution < 1.29 is 9.59 Å². The molecule has 0 radical (unpaired) electrons. The van der Waals surface area contributed by atoms with Crippen LogP contribution >= 0.6 is 0 Å². The van der Waals surface area contributed by atoms with E-state index in [2.05, 4.69) is 39.8 Å². The minimum atomic E-state index is -0.155. The molecule has 0 bridgehead atoms. The Morgan fingerprint density at radius 3 is 2.21 bits per heavy atom. The molecule has 28 heavy (non-hydrogen) atoms. The van der Waals surface area contributed by atoms with E-state index in [1.165, 1.54) is 37.9 Å². The highest BCUT2D eigenvalue weighted by Gasteiger charge is 2.10. The highest BCUT2D eigenvalue weighted by Crippen LogP contribution is 2.13. The standard InChI is InChI=1S/C23H29N3O2/c27-22(13-14-24-23(28)21-7-3-1-4-8-21)25-17-19-9-11-20(12-10-19)18-26-15-5-2-6-16-26/h1,3-4,7-12H,2,5-6,13-18H2,(H,24,28)(H,25,27). The number of benzene rings is 2. The third-order valence-corrected chi connectivity index (χ3v) is 5.04. The summed E-state index contributed by atoms with van der Waals surface area (Å²) in [5, 5.41) is 5.68. The molecule has 1 aliphatic rings. The Labute approximate surface area is 167 Å². The second-order valence-electron chi connectivity index (χ2n) is 7.30. The van der Waals surface area contributed by atoms with Crippen molar-refractivity contribution in [3.63, 3.8) is 0 Å². The molecule has 0 saturated carbocycles. The van der Waals surface area contributed by atoms with Gasteiger partial charge in [-0.3, -0.25) is 14.5 Å². The summed E-state index contributed by atoms with van der Waals surface area (Å²) in [5.41, 5.74) is 3.01. The fourth-order valence-electron chi connectivity index (χ4n) is 3.41. The molecule has 0 aromatic heterocycles. The number of carbonyl (C=O) groups excluding carboxylic acids is 2. The number of hydrogen-bond donors (Lipinski definition) is 2. The molecule has 1 heterocycles. The number of piperidine rings is 1. The summed E-state index contributed by atoms with van der Waals surface area (Å²) in [4.78, 5) is 26.4. The van der Waals surface area contributed by atoms with Gasteiger partial charge in [0.1, 0.15) is 0 Å². The molecule has 2 aromatic rings. The van der Waals surface area contributed by atoms with Gasteiger partial charge in [-0.25, -0.2) is 0 Å². The summed E-state index contributed by atoms with van der Waals surface area (Å²) < 4.78 is 0. The van der Waals surface area contributed by atoms with Crippen molar-refractivity contribution in [2.24, 2.45) is 0 Å². The van der Waals surface area contributed by atoms with E-state index in [0.717, 1.165) is 12.1 Å². The molecule has 3 rings (SSSR count). The second-order valence-corrected chi connectivity index (χ2v) is 7.30. The van der Waals surface area contributed by atoms with Crippen molar-refractivity contribution in [1.82, 2.24) is 15.5 Å². The molecular weight excluding hydrogens is 350 g/mol. The van der Waals surface area contributed by atoms with E-state index in [1.54, 1.807) is 12.1 Å². The highest BCUT2D eigenvalue weighted by atomic mass is 16.2. The van der Waals surface area contributed by atoms with Crippen molar-refractivity contribution in [2.45, 2.75) is 38.8 Å². The Balaban J connectivity index is 1.34. The van der Waals surface area contributed by atoms with Crippen LogP contribution in [0.15, 0.2) is 54.6 Å². The summed E-state index contributed by atoms with van der Waals surface area (Å²) in [6.45, 7) is 4.23. The number of rotatable bonds is 8. The van der Waals surface area contributed by atoms with E-state index in [0.29, 0.717) is 18.7 Å². The Hall–Kier alpha value is -2.66. The first kappa shape index (κ1) is 20.1. The number of carbonyl (C=O) groups is 2. The molecule has 0 spiro atoms. The maximum Gasteiger partial charge on any atom is 0.251 e. The second kappa shape index (κ2) is 10.6. The van der Waals surface area contributed by atoms with Crippen LogP contribution in [-0.4, -0.2) is 36.3 Å². The minimum absolute atomic E-state index is 0.0641. The fourth-order valence-corrected chi connectivity index (χ4v) is 3.41. The Bertz CT molecular complexity index is 753. The SMILES string of the molecule is O=C(CCNC(=O)c1ccccc1)NCc1ccc(CN2CCCCC2)cc1. The molecule has 1 saturated heterocycles. The third kappa shape index (κ3) is 6.50. The van der Waals surface area contributed by atoms with Gasteiger partial charge in [-0.2, -0.15) is 0 Å². The van der Waals surface area contributed by atoms with Gasteiger partial charge in [0.2, 0.25) is 5.91 Å². The van der Waals surface area contributed by atoms with Crippen LogP contribution in [0.2, 0.25) is 0 Å². The smallest absolute Gasteiger partial charge is 0.251 e. The zero-order valence-electron chi connectivity index (χ0n) is 16.3. The average Bonchev–Trinajstić information content (AvgIpc) is 2.74. The topological polar surface area (TPSA) is 61.4 Å². The van der Waals surface area contributed by atoms with Crippen molar-refractivity contribution in [2.75, 3.05) is 19.6 Å². The average molecular weight is 380 g/mol. The maximum absolute atomic E-state index is 12.0. The van der Waals surface area contributed by atoms with E-state index in [1.807, 2.05) is 18.2 Å². The number of likely N-dealkylation sites (tertiary alicyclic amines) is 1. The lowest BCUT2D eigenvalue weighted by Gasteiger charge is -2.26. The highest BCUT2D eigenvalue weighted by molar-refractivity contribution is 5.94. The van der Waals surface area contributed by atoms with Crippen molar-refractivity contribution >= 4 is 11.8 Å². The molecule has 2 amide bonds. The third-order valence-electron chi connectivity index (χ3n) is 5.04. The first-order valence-corrected chi connectivity index (χ1v) is 10.1. The number of hydrogen-bond acceptors (Lipinski definition) is 3. The van der Waals surface area contributed by atoms with E-state index < -0.39 is 0 Å². The Morgan fingerprint density at radius 1 is 0.821 bits per heavy atom. The molecule has 0 aliphatic carbocycles. The van der Waals surface area contributed by atoms with Gasteiger partial charge in [0, 0.05) is 31.6 Å². The lowest BCUT2D eigenvalue weighted by Crippen LogP contribution is -2.30. The van der Waals surface area contributed by atoms with Crippen LogP contribution in [0.5, 0.6) is 0 Å². The molecule has 1 aliphatic heterocycles. The summed E-state index contributed by atoms with van der Waals surface area (Å²) in [7, 11) is 0. The lowest BCUT2D eigenvalue weighted by molar-refractivity contribution is -0.121. The zero-order valence-corrected chi connectivity index (χ0v) is 16.3. The van der Waals surface area contributed by atoms with Crippen molar-refractivity contribution in [3.8, 4) is 0 Å². The van der Waals surface area contributed by atoms with Gasteiger partial charge in [0.05, 0.1) is 0 Å². The predicted octanol–water partition coefficient (Wildman–Crippen LogP) is 3.11. The van der Waals surface area contributed by atoms with Gasteiger partial charge in [0.15, 0.2) is 0 Å². The summed E-state index contributed by atoms with van der Waals surface area (Å²) in [6, 6.07) is 17.5. The summed E-state index contributed by atoms with van der Waals surface area (Å²) >= 11 is 0. The largest absolute Gasteiger partial charge is 0.352 e. The molecule has 2 aromatic carbocycles. The van der Waals surface area contributed by atoms with E-state index in [-0.39, 0.29) is 18.2 Å².